The normalized spacial score (nSPS) is 13.5. The molecule has 0 aliphatic heterocycles. The van der Waals surface area contributed by atoms with Gasteiger partial charge in [0, 0.05) is 10.2 Å². The number of carbonyl (C=O) groups excluding carboxylic acids is 1. The molecule has 0 aliphatic carbocycles. The summed E-state index contributed by atoms with van der Waals surface area (Å²) in [5.41, 5.74) is 3.27. The molecule has 4 heteroatoms. The van der Waals surface area contributed by atoms with Gasteiger partial charge in [0.05, 0.1) is 12.2 Å². The fourth-order valence-electron chi connectivity index (χ4n) is 3.62. The summed E-state index contributed by atoms with van der Waals surface area (Å²) in [6, 6.07) is 14.4. The molecular formula is C22H30O3Si. The monoisotopic (exact) mass is 370 g/mol. The Morgan fingerprint density at radius 1 is 1.04 bits per heavy atom. The number of hydrogen-bond donors (Lipinski definition) is 1. The molecule has 1 N–H and O–H groups in total. The minimum absolute atomic E-state index is 0.244. The molecule has 2 unspecified atom stereocenters. The maximum Gasteiger partial charge on any atom is 0.338 e. The number of carbonyl (C=O) groups is 1. The summed E-state index contributed by atoms with van der Waals surface area (Å²) in [6.07, 6.45) is 2.15. The average molecular weight is 371 g/mol. The molecular weight excluding hydrogens is 340 g/mol. The van der Waals surface area contributed by atoms with Crippen LogP contribution in [0.2, 0.25) is 5.54 Å². The third-order valence-corrected chi connectivity index (χ3v) is 6.62. The lowest BCUT2D eigenvalue weighted by Crippen LogP contribution is -2.17. The van der Waals surface area contributed by atoms with Crippen molar-refractivity contribution in [3.05, 3.63) is 54.1 Å². The quantitative estimate of drug-likeness (QED) is 0.552. The van der Waals surface area contributed by atoms with Crippen molar-refractivity contribution >= 4 is 16.2 Å². The van der Waals surface area contributed by atoms with Crippen molar-refractivity contribution in [3.63, 3.8) is 0 Å². The molecule has 0 spiro atoms. The Labute approximate surface area is 159 Å². The summed E-state index contributed by atoms with van der Waals surface area (Å²) in [5, 5.41) is 9.36. The summed E-state index contributed by atoms with van der Waals surface area (Å²) < 4.78 is 5.48. The molecule has 0 bridgehead atoms. The Morgan fingerprint density at radius 3 is 2.08 bits per heavy atom. The molecule has 3 nitrogen and oxygen atoms in total. The molecule has 0 aliphatic rings. The molecule has 2 rings (SSSR count). The van der Waals surface area contributed by atoms with Gasteiger partial charge in [0.25, 0.3) is 0 Å². The van der Waals surface area contributed by atoms with E-state index in [1.54, 1.807) is 24.3 Å². The van der Waals surface area contributed by atoms with Crippen LogP contribution in [0.15, 0.2) is 48.5 Å². The van der Waals surface area contributed by atoms with Crippen molar-refractivity contribution in [2.75, 3.05) is 6.61 Å². The summed E-state index contributed by atoms with van der Waals surface area (Å²) in [4.78, 5) is 12.2. The van der Waals surface area contributed by atoms with E-state index in [2.05, 4.69) is 20.8 Å². The Kier molecular flexibility index (Phi) is 7.46. The average Bonchev–Trinajstić information content (AvgIpc) is 2.62. The smallest absolute Gasteiger partial charge is 0.338 e. The number of phenols is 1. The second-order valence-electron chi connectivity index (χ2n) is 7.34. The first kappa shape index (κ1) is 20.2. The van der Waals surface area contributed by atoms with Crippen molar-refractivity contribution < 1.29 is 14.6 Å². The van der Waals surface area contributed by atoms with Crippen LogP contribution in [0.3, 0.4) is 0 Å². The van der Waals surface area contributed by atoms with Gasteiger partial charge < -0.3 is 9.84 Å². The summed E-state index contributed by atoms with van der Waals surface area (Å²) in [5.74, 6) is 1.40. The van der Waals surface area contributed by atoms with Gasteiger partial charge in [0.1, 0.15) is 5.75 Å². The van der Waals surface area contributed by atoms with Crippen LogP contribution in [0.4, 0.5) is 0 Å². The van der Waals surface area contributed by atoms with Crippen LogP contribution in [0.5, 0.6) is 5.75 Å². The van der Waals surface area contributed by atoms with Crippen LogP contribution in [0.25, 0.3) is 11.1 Å². The highest BCUT2D eigenvalue weighted by Gasteiger charge is 2.19. The van der Waals surface area contributed by atoms with Crippen molar-refractivity contribution in [1.29, 1.82) is 0 Å². The molecule has 26 heavy (non-hydrogen) atoms. The number of esters is 1. The Balaban J connectivity index is 1.89. The van der Waals surface area contributed by atoms with E-state index < -0.39 is 0 Å². The second-order valence-corrected chi connectivity index (χ2v) is 8.83. The number of benzene rings is 2. The lowest BCUT2D eigenvalue weighted by Gasteiger charge is -2.26. The predicted molar refractivity (Wildman–Crippen MR) is 111 cm³/mol. The third-order valence-electron chi connectivity index (χ3n) is 5.19. The van der Waals surface area contributed by atoms with Crippen LogP contribution in [-0.2, 0) is 4.74 Å². The van der Waals surface area contributed by atoms with Crippen LogP contribution < -0.4 is 0 Å². The zero-order chi connectivity index (χ0) is 19.1. The lowest BCUT2D eigenvalue weighted by atomic mass is 9.88. The van der Waals surface area contributed by atoms with E-state index in [1.165, 1.54) is 6.42 Å². The first-order chi connectivity index (χ1) is 12.4. The minimum atomic E-state index is -0.256. The minimum Gasteiger partial charge on any atom is -0.508 e. The first-order valence-electron chi connectivity index (χ1n) is 9.49. The summed E-state index contributed by atoms with van der Waals surface area (Å²) in [6.45, 7) is 7.30. The van der Waals surface area contributed by atoms with Gasteiger partial charge in [-0.25, -0.2) is 4.79 Å². The zero-order valence-corrected chi connectivity index (χ0v) is 18.2. The van der Waals surface area contributed by atoms with Crippen LogP contribution in [0, 0.1) is 11.8 Å². The molecule has 2 atom stereocenters. The molecule has 2 aromatic rings. The van der Waals surface area contributed by atoms with Gasteiger partial charge in [0.15, 0.2) is 0 Å². The van der Waals surface area contributed by atoms with E-state index in [1.807, 2.05) is 24.3 Å². The van der Waals surface area contributed by atoms with Gasteiger partial charge in [-0.05, 0) is 59.2 Å². The molecule has 0 saturated carbocycles. The number of phenolic OH excluding ortho intramolecular Hbond substituents is 1. The molecule has 140 valence electrons. The van der Waals surface area contributed by atoms with Gasteiger partial charge in [-0.3, -0.25) is 0 Å². The van der Waals surface area contributed by atoms with E-state index in [0.29, 0.717) is 23.6 Å². The zero-order valence-electron chi connectivity index (χ0n) is 16.2. The largest absolute Gasteiger partial charge is 0.508 e. The van der Waals surface area contributed by atoms with Crippen LogP contribution in [0.1, 0.15) is 44.0 Å². The predicted octanol–water partition coefficient (Wildman–Crippen LogP) is 4.44. The molecule has 0 aromatic heterocycles. The third kappa shape index (κ3) is 5.46. The molecule has 2 aromatic carbocycles. The second kappa shape index (κ2) is 9.58. The highest BCUT2D eigenvalue weighted by Crippen LogP contribution is 2.29. The van der Waals surface area contributed by atoms with Crippen molar-refractivity contribution in [2.24, 2.45) is 11.8 Å². The SMILES string of the molecule is CCC(C(C)C)C([SiH3])CCOC(=O)c1ccc(-c2ccc(O)cc2)cc1. The highest BCUT2D eigenvalue weighted by molar-refractivity contribution is 6.11. The molecule has 0 saturated heterocycles. The molecule has 0 radical (unpaired) electrons. The van der Waals surface area contributed by atoms with E-state index in [9.17, 15) is 9.90 Å². The maximum atomic E-state index is 12.2. The van der Waals surface area contributed by atoms with E-state index in [0.717, 1.165) is 33.7 Å². The van der Waals surface area contributed by atoms with Gasteiger partial charge >= 0.3 is 5.97 Å². The van der Waals surface area contributed by atoms with Crippen molar-refractivity contribution in [3.8, 4) is 16.9 Å². The first-order valence-corrected chi connectivity index (χ1v) is 10.6. The maximum absolute atomic E-state index is 12.2. The van der Waals surface area contributed by atoms with Crippen LogP contribution in [-0.4, -0.2) is 27.9 Å². The fraction of sp³-hybridized carbons (Fsp3) is 0.409. The molecule has 0 heterocycles. The highest BCUT2D eigenvalue weighted by atomic mass is 28.1. The summed E-state index contributed by atoms with van der Waals surface area (Å²) in [7, 11) is 1.13. The standard InChI is InChI=1S/C22H30O3Si/c1-4-20(15(2)3)21(26)13-14-25-22(24)18-7-5-16(6-8-18)17-9-11-19(23)12-10-17/h5-12,15,20-21,23H,4,13-14H2,1-3,26H3. The number of aromatic hydroxyl groups is 1. The fourth-order valence-corrected chi connectivity index (χ4v) is 5.10. The molecule has 0 fully saturated rings. The van der Waals surface area contributed by atoms with Crippen LogP contribution >= 0.6 is 0 Å². The lowest BCUT2D eigenvalue weighted by molar-refractivity contribution is 0.0491. The van der Waals surface area contributed by atoms with Gasteiger partial charge in [-0.15, -0.1) is 0 Å². The Hall–Kier alpha value is -2.07. The van der Waals surface area contributed by atoms with Crippen molar-refractivity contribution in [1.82, 2.24) is 0 Å². The molecule has 0 amide bonds. The summed E-state index contributed by atoms with van der Waals surface area (Å²) >= 11 is 0. The Morgan fingerprint density at radius 2 is 1.58 bits per heavy atom. The number of rotatable bonds is 8. The topological polar surface area (TPSA) is 46.5 Å². The van der Waals surface area contributed by atoms with Gasteiger partial charge in [-0.1, -0.05) is 51.5 Å². The number of ether oxygens (including phenoxy) is 1. The number of hydrogen-bond acceptors (Lipinski definition) is 3. The van der Waals surface area contributed by atoms with E-state index in [4.69, 9.17) is 4.74 Å². The van der Waals surface area contributed by atoms with Gasteiger partial charge in [-0.2, -0.15) is 0 Å². The van der Waals surface area contributed by atoms with E-state index >= 15 is 0 Å². The van der Waals surface area contributed by atoms with Crippen molar-refractivity contribution in [2.45, 2.75) is 39.2 Å². The van der Waals surface area contributed by atoms with Gasteiger partial charge in [0.2, 0.25) is 0 Å². The van der Waals surface area contributed by atoms with E-state index in [-0.39, 0.29) is 11.7 Å². The Bertz CT molecular complexity index is 692.